The number of nitrogens with one attached hydrogen (secondary N) is 1. The first-order valence-corrected chi connectivity index (χ1v) is 7.21. The minimum atomic E-state index is 0.247. The summed E-state index contributed by atoms with van der Waals surface area (Å²) in [5.74, 6) is 1.74. The number of benzene rings is 1. The molecule has 1 atom stereocenters. The van der Waals surface area contributed by atoms with Crippen molar-refractivity contribution in [1.82, 2.24) is 10.3 Å². The lowest BCUT2D eigenvalue weighted by molar-refractivity contribution is 0.413. The maximum absolute atomic E-state index is 5.27. The maximum atomic E-state index is 5.27. The molecular weight excluding hydrogens is 260 g/mol. The molecule has 0 aliphatic rings. The van der Waals surface area contributed by atoms with Crippen LogP contribution in [-0.2, 0) is 0 Å². The van der Waals surface area contributed by atoms with Gasteiger partial charge in [-0.3, -0.25) is 0 Å². The quantitative estimate of drug-likeness (QED) is 0.788. The largest absolute Gasteiger partial charge is 0.497 e. The van der Waals surface area contributed by atoms with Gasteiger partial charge >= 0.3 is 0 Å². The van der Waals surface area contributed by atoms with Crippen molar-refractivity contribution in [3.05, 3.63) is 42.3 Å². The molecule has 0 saturated heterocycles. The van der Waals surface area contributed by atoms with E-state index in [-0.39, 0.29) is 6.04 Å². The molecule has 4 nitrogen and oxygen atoms in total. The number of rotatable bonds is 7. The molecule has 2 rings (SSSR count). The number of hydrogen-bond donors (Lipinski definition) is 1. The van der Waals surface area contributed by atoms with Crippen LogP contribution in [0, 0.1) is 0 Å². The monoisotopic (exact) mass is 278 g/mol. The van der Waals surface area contributed by atoms with Crippen LogP contribution in [-0.4, -0.2) is 24.4 Å². The normalized spacial score (nSPS) is 12.3. The van der Waals surface area contributed by atoms with Gasteiger partial charge in [-0.1, -0.05) is 30.8 Å². The SMILES string of the molecule is CCNC(CSc1ncco1)c1cccc(OC)c1. The molecule has 0 fully saturated rings. The number of thioether (sulfide) groups is 1. The topological polar surface area (TPSA) is 47.3 Å². The Balaban J connectivity index is 2.05. The van der Waals surface area contributed by atoms with Gasteiger partial charge in [0.15, 0.2) is 0 Å². The van der Waals surface area contributed by atoms with E-state index in [1.54, 1.807) is 31.3 Å². The molecule has 1 N–H and O–H groups in total. The van der Waals surface area contributed by atoms with E-state index in [0.29, 0.717) is 5.22 Å². The summed E-state index contributed by atoms with van der Waals surface area (Å²) in [5.41, 5.74) is 1.21. The van der Waals surface area contributed by atoms with E-state index in [4.69, 9.17) is 9.15 Å². The average molecular weight is 278 g/mol. The first-order chi connectivity index (χ1) is 9.33. The van der Waals surface area contributed by atoms with Gasteiger partial charge in [-0.25, -0.2) is 4.98 Å². The molecule has 0 bridgehead atoms. The molecule has 1 unspecified atom stereocenters. The first kappa shape index (κ1) is 14.0. The fraction of sp³-hybridized carbons (Fsp3) is 0.357. The summed E-state index contributed by atoms with van der Waals surface area (Å²) in [5, 5.41) is 4.17. The molecule has 0 radical (unpaired) electrons. The number of methoxy groups -OCH3 is 1. The maximum Gasteiger partial charge on any atom is 0.255 e. The van der Waals surface area contributed by atoms with Gasteiger partial charge in [0.2, 0.25) is 0 Å². The predicted octanol–water partition coefficient (Wildman–Crippen LogP) is 3.13. The third kappa shape index (κ3) is 4.01. The second kappa shape index (κ2) is 7.21. The molecule has 19 heavy (non-hydrogen) atoms. The summed E-state index contributed by atoms with van der Waals surface area (Å²) in [6.07, 6.45) is 3.26. The Morgan fingerprint density at radius 2 is 2.37 bits per heavy atom. The Kier molecular flexibility index (Phi) is 5.30. The summed E-state index contributed by atoms with van der Waals surface area (Å²) < 4.78 is 10.5. The molecule has 0 aliphatic carbocycles. The zero-order valence-electron chi connectivity index (χ0n) is 11.1. The van der Waals surface area contributed by atoms with E-state index in [1.165, 1.54) is 5.56 Å². The first-order valence-electron chi connectivity index (χ1n) is 6.23. The molecule has 2 aromatic rings. The van der Waals surface area contributed by atoms with Crippen LogP contribution in [0.5, 0.6) is 5.75 Å². The lowest BCUT2D eigenvalue weighted by Gasteiger charge is -2.17. The van der Waals surface area contributed by atoms with Gasteiger partial charge in [0.25, 0.3) is 5.22 Å². The van der Waals surface area contributed by atoms with Crippen LogP contribution in [0.15, 0.2) is 46.4 Å². The fourth-order valence-corrected chi connectivity index (χ4v) is 2.69. The van der Waals surface area contributed by atoms with Crippen LogP contribution in [0.3, 0.4) is 0 Å². The Labute approximate surface area is 117 Å². The zero-order chi connectivity index (χ0) is 13.5. The van der Waals surface area contributed by atoms with E-state index in [2.05, 4.69) is 29.4 Å². The summed E-state index contributed by atoms with van der Waals surface area (Å²) >= 11 is 1.60. The van der Waals surface area contributed by atoms with E-state index >= 15 is 0 Å². The Hall–Kier alpha value is -1.46. The van der Waals surface area contributed by atoms with Gasteiger partial charge in [0.05, 0.1) is 13.3 Å². The highest BCUT2D eigenvalue weighted by Gasteiger charge is 2.13. The van der Waals surface area contributed by atoms with Crippen molar-refractivity contribution in [2.24, 2.45) is 0 Å². The van der Waals surface area contributed by atoms with Gasteiger partial charge in [-0.05, 0) is 24.2 Å². The highest BCUT2D eigenvalue weighted by Crippen LogP contribution is 2.25. The van der Waals surface area contributed by atoms with Gasteiger partial charge in [-0.15, -0.1) is 0 Å². The Morgan fingerprint density at radius 1 is 1.47 bits per heavy atom. The van der Waals surface area contributed by atoms with Crippen LogP contribution in [0.2, 0.25) is 0 Å². The molecule has 0 aliphatic heterocycles. The van der Waals surface area contributed by atoms with Crippen molar-refractivity contribution in [3.8, 4) is 5.75 Å². The Bertz CT molecular complexity index is 488. The number of aromatic nitrogens is 1. The minimum Gasteiger partial charge on any atom is -0.497 e. The summed E-state index contributed by atoms with van der Waals surface area (Å²) in [7, 11) is 1.68. The molecule has 0 spiro atoms. The van der Waals surface area contributed by atoms with Crippen LogP contribution in [0.25, 0.3) is 0 Å². The summed E-state index contributed by atoms with van der Waals surface area (Å²) in [6, 6.07) is 8.37. The van der Waals surface area contributed by atoms with E-state index in [9.17, 15) is 0 Å². The lowest BCUT2D eigenvalue weighted by atomic mass is 10.1. The predicted molar refractivity (Wildman–Crippen MR) is 76.6 cm³/mol. The van der Waals surface area contributed by atoms with Crippen LogP contribution >= 0.6 is 11.8 Å². The summed E-state index contributed by atoms with van der Waals surface area (Å²) in [6.45, 7) is 3.01. The van der Waals surface area contributed by atoms with Crippen molar-refractivity contribution in [1.29, 1.82) is 0 Å². The second-order valence-corrected chi connectivity index (χ2v) is 4.97. The Morgan fingerprint density at radius 3 is 3.05 bits per heavy atom. The standard InChI is InChI=1S/C14H18N2O2S/c1-3-15-13(10-19-14-16-7-8-18-14)11-5-4-6-12(9-11)17-2/h4-9,13,15H,3,10H2,1-2H3. The van der Waals surface area contributed by atoms with Gasteiger partial charge < -0.3 is 14.5 Å². The zero-order valence-corrected chi connectivity index (χ0v) is 11.9. The van der Waals surface area contributed by atoms with Crippen LogP contribution in [0.1, 0.15) is 18.5 Å². The van der Waals surface area contributed by atoms with Gasteiger partial charge in [-0.2, -0.15) is 0 Å². The number of nitrogens with zero attached hydrogens (tertiary/aromatic N) is 1. The number of hydrogen-bond acceptors (Lipinski definition) is 5. The summed E-state index contributed by atoms with van der Waals surface area (Å²) in [4.78, 5) is 4.12. The van der Waals surface area contributed by atoms with Crippen molar-refractivity contribution in [3.63, 3.8) is 0 Å². The molecule has 102 valence electrons. The molecule has 0 amide bonds. The molecule has 1 heterocycles. The third-order valence-electron chi connectivity index (χ3n) is 2.73. The van der Waals surface area contributed by atoms with Crippen molar-refractivity contribution < 1.29 is 9.15 Å². The van der Waals surface area contributed by atoms with E-state index in [1.807, 2.05) is 12.1 Å². The number of ether oxygens (including phenoxy) is 1. The second-order valence-electron chi connectivity index (χ2n) is 4.00. The van der Waals surface area contributed by atoms with E-state index < -0.39 is 0 Å². The van der Waals surface area contributed by atoms with Crippen molar-refractivity contribution in [2.75, 3.05) is 19.4 Å². The van der Waals surface area contributed by atoms with Crippen LogP contribution < -0.4 is 10.1 Å². The third-order valence-corrected chi connectivity index (χ3v) is 3.68. The molecule has 5 heteroatoms. The fourth-order valence-electron chi connectivity index (χ4n) is 1.81. The number of oxazole rings is 1. The van der Waals surface area contributed by atoms with Gasteiger partial charge in [0, 0.05) is 11.8 Å². The highest BCUT2D eigenvalue weighted by atomic mass is 32.2. The lowest BCUT2D eigenvalue weighted by Crippen LogP contribution is -2.22. The molecule has 1 aromatic heterocycles. The minimum absolute atomic E-state index is 0.247. The van der Waals surface area contributed by atoms with Crippen LogP contribution in [0.4, 0.5) is 0 Å². The van der Waals surface area contributed by atoms with Crippen molar-refractivity contribution in [2.45, 2.75) is 18.2 Å². The smallest absolute Gasteiger partial charge is 0.255 e. The van der Waals surface area contributed by atoms with Gasteiger partial charge in [0.1, 0.15) is 12.0 Å². The highest BCUT2D eigenvalue weighted by molar-refractivity contribution is 7.99. The molecular formula is C14H18N2O2S. The van der Waals surface area contributed by atoms with E-state index in [0.717, 1.165) is 18.0 Å². The molecule has 1 aromatic carbocycles. The molecule has 0 saturated carbocycles. The van der Waals surface area contributed by atoms with Crippen molar-refractivity contribution >= 4 is 11.8 Å². The average Bonchev–Trinajstić information content (AvgIpc) is 2.97.